The first-order chi connectivity index (χ1) is 5.05. The smallest absolute Gasteiger partial charge is 0.151 e. The number of hydrogen-bond donors (Lipinski definition) is 1. The Morgan fingerprint density at radius 3 is 2.64 bits per heavy atom. The van der Waals surface area contributed by atoms with Crippen LogP contribution in [0.2, 0.25) is 0 Å². The Morgan fingerprint density at radius 2 is 2.27 bits per heavy atom. The minimum Gasteiger partial charge on any atom is -0.387 e. The van der Waals surface area contributed by atoms with Crippen LogP contribution in [0.1, 0.15) is 6.42 Å². The van der Waals surface area contributed by atoms with Crippen LogP contribution in [0.4, 0.5) is 0 Å². The van der Waals surface area contributed by atoms with Gasteiger partial charge in [0.05, 0.1) is 17.3 Å². The largest absolute Gasteiger partial charge is 0.387 e. The Hall–Kier alpha value is -0.580. The maximum Gasteiger partial charge on any atom is 0.151 e. The van der Waals surface area contributed by atoms with Crippen LogP contribution < -0.4 is 5.73 Å². The van der Waals surface area contributed by atoms with Crippen LogP contribution in [0.5, 0.6) is 0 Å². The number of amidine groups is 1. The molecule has 0 saturated carbocycles. The summed E-state index contributed by atoms with van der Waals surface area (Å²) in [5.74, 6) is 0.862. The van der Waals surface area contributed by atoms with E-state index in [1.54, 1.807) is 7.05 Å². The van der Waals surface area contributed by atoms with Gasteiger partial charge in [-0.1, -0.05) is 0 Å². The lowest BCUT2D eigenvalue weighted by Gasteiger charge is -2.03. The van der Waals surface area contributed by atoms with Crippen molar-refractivity contribution < 1.29 is 8.42 Å². The fourth-order valence-corrected chi connectivity index (χ4v) is 2.97. The lowest BCUT2D eigenvalue weighted by molar-refractivity contribution is 0.601. The van der Waals surface area contributed by atoms with Gasteiger partial charge < -0.3 is 5.73 Å². The van der Waals surface area contributed by atoms with E-state index < -0.39 is 9.84 Å². The summed E-state index contributed by atoms with van der Waals surface area (Å²) < 4.78 is 21.9. The lowest BCUT2D eigenvalue weighted by atomic mass is 10.1. The molecule has 1 rings (SSSR count). The Bertz CT molecular complexity index is 268. The molecule has 0 radical (unpaired) electrons. The zero-order valence-electron chi connectivity index (χ0n) is 6.45. The number of hydrogen-bond acceptors (Lipinski definition) is 3. The number of rotatable bonds is 1. The fraction of sp³-hybridized carbons (Fsp3) is 0.833. The Balaban J connectivity index is 2.70. The van der Waals surface area contributed by atoms with E-state index in [0.717, 1.165) is 0 Å². The van der Waals surface area contributed by atoms with Crippen LogP contribution in [0, 0.1) is 5.92 Å². The van der Waals surface area contributed by atoms with Crippen LogP contribution in [-0.2, 0) is 9.84 Å². The van der Waals surface area contributed by atoms with Gasteiger partial charge in [-0.15, -0.1) is 0 Å². The van der Waals surface area contributed by atoms with E-state index in [1.165, 1.54) is 0 Å². The molecule has 0 aromatic heterocycles. The molecule has 0 bridgehead atoms. The van der Waals surface area contributed by atoms with Crippen LogP contribution in [0.15, 0.2) is 4.99 Å². The zero-order chi connectivity index (χ0) is 8.48. The Labute approximate surface area is 66.4 Å². The van der Waals surface area contributed by atoms with E-state index >= 15 is 0 Å². The summed E-state index contributed by atoms with van der Waals surface area (Å²) in [5.41, 5.74) is 5.48. The maximum atomic E-state index is 11.0. The van der Waals surface area contributed by atoms with Crippen LogP contribution in [0.3, 0.4) is 0 Å². The lowest BCUT2D eigenvalue weighted by Crippen LogP contribution is -2.24. The second-order valence-electron chi connectivity index (χ2n) is 2.75. The van der Waals surface area contributed by atoms with Crippen molar-refractivity contribution in [1.82, 2.24) is 0 Å². The van der Waals surface area contributed by atoms with E-state index in [4.69, 9.17) is 5.73 Å². The van der Waals surface area contributed by atoms with Crippen molar-refractivity contribution >= 4 is 15.7 Å². The molecule has 1 aliphatic heterocycles. The summed E-state index contributed by atoms with van der Waals surface area (Å²) in [6.45, 7) is 0. The molecule has 1 unspecified atom stereocenters. The molecule has 1 heterocycles. The summed E-state index contributed by atoms with van der Waals surface area (Å²) in [4.78, 5) is 3.77. The third-order valence-corrected chi connectivity index (χ3v) is 3.68. The predicted octanol–water partition coefficient (Wildman–Crippen LogP) is -0.592. The summed E-state index contributed by atoms with van der Waals surface area (Å²) in [7, 11) is -1.23. The highest BCUT2D eigenvalue weighted by atomic mass is 32.2. The number of nitrogens with zero attached hydrogens (tertiary/aromatic N) is 1. The van der Waals surface area contributed by atoms with Gasteiger partial charge in [0.2, 0.25) is 0 Å². The number of sulfone groups is 1. The van der Waals surface area contributed by atoms with Gasteiger partial charge in [-0.05, 0) is 6.42 Å². The van der Waals surface area contributed by atoms with Gasteiger partial charge in [0.1, 0.15) is 0 Å². The number of aliphatic imine (C=N–C) groups is 1. The topological polar surface area (TPSA) is 72.5 Å². The van der Waals surface area contributed by atoms with Crippen molar-refractivity contribution in [2.75, 3.05) is 18.6 Å². The van der Waals surface area contributed by atoms with Crippen LogP contribution in [-0.4, -0.2) is 32.8 Å². The molecule has 1 fully saturated rings. The first-order valence-corrected chi connectivity index (χ1v) is 5.30. The fourth-order valence-electron chi connectivity index (χ4n) is 1.21. The molecule has 0 aromatic carbocycles. The van der Waals surface area contributed by atoms with E-state index in [9.17, 15) is 8.42 Å². The molecule has 0 spiro atoms. The summed E-state index contributed by atoms with van der Waals surface area (Å²) >= 11 is 0. The van der Waals surface area contributed by atoms with Crippen molar-refractivity contribution in [3.63, 3.8) is 0 Å². The highest BCUT2D eigenvalue weighted by Gasteiger charge is 2.29. The quantitative estimate of drug-likeness (QED) is 0.428. The number of nitrogens with two attached hydrogens (primary N) is 1. The minimum absolute atomic E-state index is 0.0370. The molecule has 0 amide bonds. The van der Waals surface area contributed by atoms with Crippen LogP contribution in [0.25, 0.3) is 0 Å². The highest BCUT2D eigenvalue weighted by molar-refractivity contribution is 7.91. The molecule has 5 heteroatoms. The second kappa shape index (κ2) is 2.81. The maximum absolute atomic E-state index is 11.0. The predicted molar refractivity (Wildman–Crippen MR) is 44.3 cm³/mol. The minimum atomic E-state index is -2.81. The third-order valence-electron chi connectivity index (χ3n) is 1.91. The Kier molecular flexibility index (Phi) is 2.17. The van der Waals surface area contributed by atoms with E-state index in [2.05, 4.69) is 4.99 Å². The molecule has 1 atom stereocenters. The van der Waals surface area contributed by atoms with Gasteiger partial charge in [0.25, 0.3) is 0 Å². The van der Waals surface area contributed by atoms with Gasteiger partial charge >= 0.3 is 0 Å². The van der Waals surface area contributed by atoms with Gasteiger partial charge in [-0.3, -0.25) is 4.99 Å². The van der Waals surface area contributed by atoms with E-state index in [-0.39, 0.29) is 17.4 Å². The molecular formula is C6H12N2O2S. The van der Waals surface area contributed by atoms with Crippen molar-refractivity contribution in [2.45, 2.75) is 6.42 Å². The molecule has 1 aliphatic rings. The van der Waals surface area contributed by atoms with Gasteiger partial charge in [0, 0.05) is 13.0 Å². The van der Waals surface area contributed by atoms with Crippen LogP contribution >= 0.6 is 0 Å². The normalized spacial score (nSPS) is 30.6. The molecule has 1 saturated heterocycles. The van der Waals surface area contributed by atoms with Crippen molar-refractivity contribution in [3.05, 3.63) is 0 Å². The average Bonchev–Trinajstić information content (AvgIpc) is 2.29. The highest BCUT2D eigenvalue weighted by Crippen LogP contribution is 2.17. The standard InChI is InChI=1S/C6H12N2O2S/c1-8-6(7)5-2-3-11(9,10)4-5/h5H,2-4H2,1H3,(H2,7,8). The molecule has 0 aliphatic carbocycles. The van der Waals surface area contributed by atoms with E-state index in [0.29, 0.717) is 12.3 Å². The van der Waals surface area contributed by atoms with E-state index in [1.807, 2.05) is 0 Å². The molecule has 2 N–H and O–H groups in total. The van der Waals surface area contributed by atoms with Gasteiger partial charge in [0.15, 0.2) is 9.84 Å². The SMILES string of the molecule is CN=C(N)C1CCS(=O)(=O)C1. The summed E-state index contributed by atoms with van der Waals surface area (Å²) in [6, 6.07) is 0. The molecule has 11 heavy (non-hydrogen) atoms. The van der Waals surface area contributed by atoms with Gasteiger partial charge in [-0.2, -0.15) is 0 Å². The first-order valence-electron chi connectivity index (χ1n) is 3.48. The Morgan fingerprint density at radius 1 is 1.64 bits per heavy atom. The second-order valence-corrected chi connectivity index (χ2v) is 4.98. The first kappa shape index (κ1) is 8.52. The monoisotopic (exact) mass is 176 g/mol. The van der Waals surface area contributed by atoms with Gasteiger partial charge in [-0.25, -0.2) is 8.42 Å². The molecular weight excluding hydrogens is 164 g/mol. The third kappa shape index (κ3) is 1.92. The molecule has 64 valence electrons. The molecule has 4 nitrogen and oxygen atoms in total. The van der Waals surface area contributed by atoms with Crippen molar-refractivity contribution in [3.8, 4) is 0 Å². The summed E-state index contributed by atoms with van der Waals surface area (Å²) in [5, 5.41) is 0. The summed E-state index contributed by atoms with van der Waals surface area (Å²) in [6.07, 6.45) is 0.630. The average molecular weight is 176 g/mol. The van der Waals surface area contributed by atoms with Crippen molar-refractivity contribution in [2.24, 2.45) is 16.6 Å². The molecule has 0 aromatic rings. The zero-order valence-corrected chi connectivity index (χ0v) is 7.26. The van der Waals surface area contributed by atoms with Crippen molar-refractivity contribution in [1.29, 1.82) is 0 Å².